The monoisotopic (exact) mass is 422 g/mol. The molecule has 0 heterocycles. The Kier molecular flexibility index (Phi) is 12.8. The van der Waals surface area contributed by atoms with Crippen LogP contribution in [0.2, 0.25) is 0 Å². The first-order valence-electron chi connectivity index (χ1n) is 9.29. The van der Waals surface area contributed by atoms with Crippen LogP contribution in [0.15, 0.2) is 30.3 Å². The minimum absolute atomic E-state index is 0.290. The summed E-state index contributed by atoms with van der Waals surface area (Å²) >= 11 is 5.00. The summed E-state index contributed by atoms with van der Waals surface area (Å²) in [6.07, 6.45) is 1.52. The molecule has 0 aliphatic carbocycles. The van der Waals surface area contributed by atoms with Gasteiger partial charge in [-0.25, -0.2) is 22.0 Å². The molecule has 0 saturated heterocycles. The van der Waals surface area contributed by atoms with Gasteiger partial charge in [-0.2, -0.15) is 0 Å². The average Bonchev–Trinajstić information content (AvgIpc) is 2.71. The number of halogens is 6. The zero-order chi connectivity index (χ0) is 21.9. The van der Waals surface area contributed by atoms with Crippen molar-refractivity contribution in [3.63, 3.8) is 0 Å². The Labute approximate surface area is 169 Å². The van der Waals surface area contributed by atoms with E-state index in [9.17, 15) is 22.0 Å². The predicted octanol–water partition coefficient (Wildman–Crippen LogP) is 8.34. The van der Waals surface area contributed by atoms with Crippen molar-refractivity contribution in [2.24, 2.45) is 0 Å². The lowest BCUT2D eigenvalue weighted by Gasteiger charge is -2.12. The standard InChI is InChI=1S/C10H9F5.C10H14.C2H5Cl/c1-3-4(2)5-6(11)8(13)10(15)9(14)7(5)12;1-3-9(2)10-7-5-4-6-8-10;1-2-3/h4H,3H2,1-2H3;4-9H,3H2,1-2H3;2H2,1H3. The summed E-state index contributed by atoms with van der Waals surface area (Å²) < 4.78 is 64.4. The van der Waals surface area contributed by atoms with E-state index in [-0.39, 0.29) is 0 Å². The molecule has 0 N–H and O–H groups in total. The third kappa shape index (κ3) is 7.42. The maximum absolute atomic E-state index is 13.1. The van der Waals surface area contributed by atoms with Crippen LogP contribution in [-0.4, -0.2) is 5.88 Å². The lowest BCUT2D eigenvalue weighted by atomic mass is 9.97. The zero-order valence-corrected chi connectivity index (χ0v) is 17.7. The van der Waals surface area contributed by atoms with E-state index in [0.717, 1.165) is 5.88 Å². The molecule has 0 saturated carbocycles. The summed E-state index contributed by atoms with van der Waals surface area (Å²) in [6.45, 7) is 9.37. The molecule has 0 aliphatic heterocycles. The number of benzene rings is 2. The van der Waals surface area contributed by atoms with Gasteiger partial charge in [-0.3, -0.25) is 0 Å². The molecule has 158 valence electrons. The van der Waals surface area contributed by atoms with Crippen LogP contribution in [0.3, 0.4) is 0 Å². The van der Waals surface area contributed by atoms with Gasteiger partial charge in [0.25, 0.3) is 0 Å². The summed E-state index contributed by atoms with van der Waals surface area (Å²) in [4.78, 5) is 0. The van der Waals surface area contributed by atoms with Crippen molar-refractivity contribution in [2.75, 3.05) is 5.88 Å². The Morgan fingerprint density at radius 1 is 0.679 bits per heavy atom. The minimum Gasteiger partial charge on any atom is -0.203 e. The molecule has 0 aliphatic rings. The topological polar surface area (TPSA) is 0 Å². The van der Waals surface area contributed by atoms with Gasteiger partial charge in [0.2, 0.25) is 5.82 Å². The van der Waals surface area contributed by atoms with Crippen LogP contribution in [0.4, 0.5) is 22.0 Å². The lowest BCUT2D eigenvalue weighted by Crippen LogP contribution is -2.09. The average molecular weight is 423 g/mol. The number of alkyl halides is 1. The van der Waals surface area contributed by atoms with E-state index in [2.05, 4.69) is 44.2 Å². The molecular weight excluding hydrogens is 395 g/mol. The molecule has 28 heavy (non-hydrogen) atoms. The van der Waals surface area contributed by atoms with Gasteiger partial charge in [0.15, 0.2) is 23.3 Å². The molecular formula is C22H28ClF5. The smallest absolute Gasteiger partial charge is 0.200 e. The van der Waals surface area contributed by atoms with Crippen molar-refractivity contribution < 1.29 is 22.0 Å². The normalized spacial score (nSPS) is 12.2. The first-order chi connectivity index (χ1) is 13.2. The molecule has 6 heteroatoms. The van der Waals surface area contributed by atoms with Crippen LogP contribution in [0.1, 0.15) is 70.4 Å². The van der Waals surface area contributed by atoms with Crippen molar-refractivity contribution in [3.05, 3.63) is 70.5 Å². The van der Waals surface area contributed by atoms with Crippen molar-refractivity contribution in [1.29, 1.82) is 0 Å². The second-order valence-corrected chi connectivity index (χ2v) is 6.81. The van der Waals surface area contributed by atoms with Gasteiger partial charge in [0, 0.05) is 11.4 Å². The molecule has 0 aromatic heterocycles. The van der Waals surface area contributed by atoms with Crippen LogP contribution in [0, 0.1) is 29.1 Å². The van der Waals surface area contributed by atoms with Gasteiger partial charge in [-0.15, -0.1) is 11.6 Å². The fourth-order valence-corrected chi connectivity index (χ4v) is 2.28. The van der Waals surface area contributed by atoms with Crippen LogP contribution >= 0.6 is 11.6 Å². The third-order valence-corrected chi connectivity index (χ3v) is 4.33. The van der Waals surface area contributed by atoms with Gasteiger partial charge >= 0.3 is 0 Å². The summed E-state index contributed by atoms with van der Waals surface area (Å²) in [5, 5.41) is 0. The van der Waals surface area contributed by atoms with Crippen molar-refractivity contribution in [2.45, 2.75) is 59.3 Å². The van der Waals surface area contributed by atoms with Crippen molar-refractivity contribution >= 4 is 11.6 Å². The highest BCUT2D eigenvalue weighted by Gasteiger charge is 2.27. The van der Waals surface area contributed by atoms with Gasteiger partial charge < -0.3 is 0 Å². The van der Waals surface area contributed by atoms with E-state index in [0.29, 0.717) is 12.3 Å². The Hall–Kier alpha value is -1.62. The molecule has 0 radical (unpaired) electrons. The molecule has 0 nitrogen and oxygen atoms in total. The Balaban J connectivity index is 0.000000483. The number of hydrogen-bond donors (Lipinski definition) is 0. The summed E-state index contributed by atoms with van der Waals surface area (Å²) in [5.41, 5.74) is 0.707. The first-order valence-corrected chi connectivity index (χ1v) is 9.83. The highest BCUT2D eigenvalue weighted by atomic mass is 35.5. The van der Waals surface area contributed by atoms with E-state index >= 15 is 0 Å². The molecule has 2 unspecified atom stereocenters. The Morgan fingerprint density at radius 3 is 1.39 bits per heavy atom. The SMILES string of the molecule is CCC(C)c1c(F)c(F)c(F)c(F)c1F.CCC(C)c1ccccc1.CCCl. The van der Waals surface area contributed by atoms with Crippen LogP contribution in [0.5, 0.6) is 0 Å². The molecule has 2 aromatic carbocycles. The van der Waals surface area contributed by atoms with Crippen LogP contribution in [0.25, 0.3) is 0 Å². The van der Waals surface area contributed by atoms with E-state index in [1.807, 2.05) is 6.92 Å². The van der Waals surface area contributed by atoms with E-state index in [1.165, 1.54) is 18.9 Å². The molecule has 0 amide bonds. The summed E-state index contributed by atoms with van der Waals surface area (Å²) in [6, 6.07) is 10.6. The lowest BCUT2D eigenvalue weighted by molar-refractivity contribution is 0.364. The van der Waals surface area contributed by atoms with Gasteiger partial charge in [0.05, 0.1) is 0 Å². The Bertz CT molecular complexity index is 675. The second kappa shape index (κ2) is 13.5. The predicted molar refractivity (Wildman–Crippen MR) is 106 cm³/mol. The molecule has 2 aromatic rings. The minimum atomic E-state index is -2.11. The van der Waals surface area contributed by atoms with Crippen LogP contribution in [-0.2, 0) is 0 Å². The van der Waals surface area contributed by atoms with Crippen LogP contribution < -0.4 is 0 Å². The summed E-state index contributed by atoms with van der Waals surface area (Å²) in [7, 11) is 0. The maximum atomic E-state index is 13.1. The highest BCUT2D eigenvalue weighted by Crippen LogP contribution is 2.30. The molecule has 0 spiro atoms. The molecule has 2 atom stereocenters. The second-order valence-electron chi connectivity index (χ2n) is 6.28. The van der Waals surface area contributed by atoms with Gasteiger partial charge in [-0.05, 0) is 30.2 Å². The maximum Gasteiger partial charge on any atom is 0.200 e. The third-order valence-electron chi connectivity index (χ3n) is 4.33. The van der Waals surface area contributed by atoms with Crippen molar-refractivity contribution in [1.82, 2.24) is 0 Å². The van der Waals surface area contributed by atoms with E-state index in [1.54, 1.807) is 6.92 Å². The molecule has 2 rings (SSSR count). The fourth-order valence-electron chi connectivity index (χ4n) is 2.28. The molecule has 0 fully saturated rings. The van der Waals surface area contributed by atoms with Crippen molar-refractivity contribution in [3.8, 4) is 0 Å². The number of rotatable bonds is 4. The largest absolute Gasteiger partial charge is 0.203 e. The fraction of sp³-hybridized carbons (Fsp3) is 0.455. The Morgan fingerprint density at radius 2 is 1.04 bits per heavy atom. The van der Waals surface area contributed by atoms with Gasteiger partial charge in [0.1, 0.15) is 0 Å². The zero-order valence-electron chi connectivity index (χ0n) is 16.9. The first kappa shape index (κ1) is 26.4. The highest BCUT2D eigenvalue weighted by molar-refractivity contribution is 6.17. The number of hydrogen-bond acceptors (Lipinski definition) is 0. The summed E-state index contributed by atoms with van der Waals surface area (Å²) in [5.74, 6) is -8.64. The molecule has 0 bridgehead atoms. The van der Waals surface area contributed by atoms with Gasteiger partial charge in [-0.1, -0.05) is 65.0 Å². The quantitative estimate of drug-likeness (QED) is 0.201. The van der Waals surface area contributed by atoms with E-state index in [4.69, 9.17) is 11.6 Å². The van der Waals surface area contributed by atoms with E-state index < -0.39 is 40.6 Å².